The van der Waals surface area contributed by atoms with E-state index in [2.05, 4.69) is 26.2 Å². The fraction of sp³-hybridized carbons (Fsp3) is 0.214. The summed E-state index contributed by atoms with van der Waals surface area (Å²) in [5.41, 5.74) is 3.30. The Bertz CT molecular complexity index is 543. The first-order chi connectivity index (χ1) is 8.65. The van der Waals surface area contributed by atoms with E-state index in [1.807, 2.05) is 43.3 Å². The molecule has 4 heteroatoms. The lowest BCUT2D eigenvalue weighted by Gasteiger charge is -2.06. The minimum absolute atomic E-state index is 0.735. The summed E-state index contributed by atoms with van der Waals surface area (Å²) in [6, 6.07) is 12.0. The highest BCUT2D eigenvalue weighted by Gasteiger charge is 1.99. The summed E-state index contributed by atoms with van der Waals surface area (Å²) in [6.45, 7) is 3.56. The van der Waals surface area contributed by atoms with Crippen LogP contribution in [0, 0.1) is 6.92 Å². The lowest BCUT2D eigenvalue weighted by molar-refractivity contribution is 0.678. The van der Waals surface area contributed by atoms with Crippen molar-refractivity contribution in [1.29, 1.82) is 0 Å². The maximum Gasteiger partial charge on any atom is 0.0548 e. The Kier molecular flexibility index (Phi) is 4.75. The summed E-state index contributed by atoms with van der Waals surface area (Å²) in [5, 5.41) is 4.10. The van der Waals surface area contributed by atoms with Gasteiger partial charge in [-0.25, -0.2) is 0 Å². The second kappa shape index (κ2) is 6.32. The highest BCUT2D eigenvalue weighted by molar-refractivity contribution is 9.10. The van der Waals surface area contributed by atoms with Crippen molar-refractivity contribution in [3.05, 3.63) is 62.8 Å². The Labute approximate surface area is 121 Å². The second-order valence-corrected chi connectivity index (χ2v) is 5.38. The van der Waals surface area contributed by atoms with Gasteiger partial charge in [-0.15, -0.1) is 0 Å². The van der Waals surface area contributed by atoms with Crippen molar-refractivity contribution in [3.63, 3.8) is 0 Å². The number of pyridine rings is 1. The van der Waals surface area contributed by atoms with Crippen LogP contribution >= 0.6 is 27.5 Å². The molecular weight excluding hydrogens is 312 g/mol. The maximum absolute atomic E-state index is 5.95. The lowest BCUT2D eigenvalue weighted by atomic mass is 10.2. The van der Waals surface area contributed by atoms with E-state index in [1.54, 1.807) is 0 Å². The molecule has 18 heavy (non-hydrogen) atoms. The van der Waals surface area contributed by atoms with Crippen LogP contribution in [0.4, 0.5) is 0 Å². The van der Waals surface area contributed by atoms with Crippen molar-refractivity contribution < 1.29 is 0 Å². The molecule has 0 aliphatic heterocycles. The van der Waals surface area contributed by atoms with Crippen LogP contribution in [0.2, 0.25) is 5.02 Å². The molecule has 0 spiro atoms. The first-order valence-electron chi connectivity index (χ1n) is 5.72. The molecule has 0 bridgehead atoms. The average Bonchev–Trinajstić information content (AvgIpc) is 2.34. The number of nitrogens with one attached hydrogen (secondary N) is 1. The van der Waals surface area contributed by atoms with Crippen molar-refractivity contribution in [2.24, 2.45) is 0 Å². The van der Waals surface area contributed by atoms with Crippen LogP contribution < -0.4 is 5.32 Å². The van der Waals surface area contributed by atoms with Crippen LogP contribution in [-0.2, 0) is 13.1 Å². The third-order valence-corrected chi connectivity index (χ3v) is 3.78. The standard InChI is InChI=1S/C14H14BrClN2/c1-10-3-2-4-12(18-10)9-17-8-11-5-6-14(16)13(15)7-11/h2-7,17H,8-9H2,1H3. The molecule has 2 rings (SSSR count). The largest absolute Gasteiger partial charge is 0.307 e. The summed E-state index contributed by atoms with van der Waals surface area (Å²) in [7, 11) is 0. The zero-order valence-electron chi connectivity index (χ0n) is 10.1. The van der Waals surface area contributed by atoms with E-state index in [1.165, 1.54) is 5.56 Å². The quantitative estimate of drug-likeness (QED) is 0.915. The summed E-state index contributed by atoms with van der Waals surface area (Å²) < 4.78 is 0.928. The smallest absolute Gasteiger partial charge is 0.0548 e. The van der Waals surface area contributed by atoms with Gasteiger partial charge in [0.2, 0.25) is 0 Å². The molecule has 0 amide bonds. The van der Waals surface area contributed by atoms with Gasteiger partial charge in [-0.3, -0.25) is 4.98 Å². The van der Waals surface area contributed by atoms with Gasteiger partial charge in [0.05, 0.1) is 10.7 Å². The highest BCUT2D eigenvalue weighted by Crippen LogP contribution is 2.23. The van der Waals surface area contributed by atoms with E-state index in [4.69, 9.17) is 11.6 Å². The van der Waals surface area contributed by atoms with Gasteiger partial charge >= 0.3 is 0 Å². The molecule has 0 atom stereocenters. The van der Waals surface area contributed by atoms with Crippen molar-refractivity contribution in [2.45, 2.75) is 20.0 Å². The fourth-order valence-corrected chi connectivity index (χ4v) is 2.23. The first-order valence-corrected chi connectivity index (χ1v) is 6.89. The third-order valence-electron chi connectivity index (χ3n) is 2.57. The van der Waals surface area contributed by atoms with E-state index in [9.17, 15) is 0 Å². The molecule has 0 saturated carbocycles. The molecule has 2 aromatic rings. The number of hydrogen-bond donors (Lipinski definition) is 1. The van der Waals surface area contributed by atoms with Crippen molar-refractivity contribution in [2.75, 3.05) is 0 Å². The monoisotopic (exact) mass is 324 g/mol. The van der Waals surface area contributed by atoms with Gasteiger partial charge < -0.3 is 5.32 Å². The molecule has 94 valence electrons. The summed E-state index contributed by atoms with van der Waals surface area (Å²) in [6.07, 6.45) is 0. The molecule has 0 radical (unpaired) electrons. The average molecular weight is 326 g/mol. The molecule has 0 saturated heterocycles. The van der Waals surface area contributed by atoms with E-state index in [0.717, 1.165) is 34.0 Å². The van der Waals surface area contributed by atoms with Crippen LogP contribution in [0.5, 0.6) is 0 Å². The lowest BCUT2D eigenvalue weighted by Crippen LogP contribution is -2.13. The Morgan fingerprint density at radius 2 is 2.06 bits per heavy atom. The Morgan fingerprint density at radius 1 is 1.22 bits per heavy atom. The number of halogens is 2. The molecule has 0 fully saturated rings. The van der Waals surface area contributed by atoms with Gasteiger partial charge in [-0.05, 0) is 52.7 Å². The summed E-state index contributed by atoms with van der Waals surface area (Å²) in [4.78, 5) is 4.44. The number of hydrogen-bond acceptors (Lipinski definition) is 2. The number of nitrogens with zero attached hydrogens (tertiary/aromatic N) is 1. The molecule has 1 aromatic heterocycles. The Balaban J connectivity index is 1.90. The van der Waals surface area contributed by atoms with Crippen LogP contribution in [0.25, 0.3) is 0 Å². The first kappa shape index (κ1) is 13.5. The minimum Gasteiger partial charge on any atom is -0.307 e. The summed E-state index contributed by atoms with van der Waals surface area (Å²) in [5.74, 6) is 0. The number of aromatic nitrogens is 1. The van der Waals surface area contributed by atoms with E-state index < -0.39 is 0 Å². The van der Waals surface area contributed by atoms with E-state index in [-0.39, 0.29) is 0 Å². The third kappa shape index (κ3) is 3.80. The molecule has 1 N–H and O–H groups in total. The molecule has 0 unspecified atom stereocenters. The minimum atomic E-state index is 0.735. The van der Waals surface area contributed by atoms with Crippen LogP contribution in [0.1, 0.15) is 17.0 Å². The van der Waals surface area contributed by atoms with Crippen molar-refractivity contribution in [3.8, 4) is 0 Å². The zero-order valence-corrected chi connectivity index (χ0v) is 12.4. The molecule has 1 heterocycles. The predicted octanol–water partition coefficient (Wildman–Crippen LogP) is 4.10. The number of aryl methyl sites for hydroxylation is 1. The summed E-state index contributed by atoms with van der Waals surface area (Å²) >= 11 is 9.37. The van der Waals surface area contributed by atoms with Crippen LogP contribution in [-0.4, -0.2) is 4.98 Å². The van der Waals surface area contributed by atoms with Gasteiger partial charge in [0, 0.05) is 23.3 Å². The maximum atomic E-state index is 5.95. The van der Waals surface area contributed by atoms with Gasteiger partial charge in [0.25, 0.3) is 0 Å². The van der Waals surface area contributed by atoms with Gasteiger partial charge in [0.1, 0.15) is 0 Å². The van der Waals surface area contributed by atoms with Gasteiger partial charge in [0.15, 0.2) is 0 Å². The Morgan fingerprint density at radius 3 is 2.78 bits per heavy atom. The van der Waals surface area contributed by atoms with E-state index in [0.29, 0.717) is 0 Å². The van der Waals surface area contributed by atoms with Crippen LogP contribution in [0.3, 0.4) is 0 Å². The molecule has 2 nitrogen and oxygen atoms in total. The number of benzene rings is 1. The second-order valence-electron chi connectivity index (χ2n) is 4.12. The SMILES string of the molecule is Cc1cccc(CNCc2ccc(Cl)c(Br)c2)n1. The van der Waals surface area contributed by atoms with Gasteiger partial charge in [-0.2, -0.15) is 0 Å². The normalized spacial score (nSPS) is 10.6. The zero-order chi connectivity index (χ0) is 13.0. The van der Waals surface area contributed by atoms with Gasteiger partial charge in [-0.1, -0.05) is 23.7 Å². The van der Waals surface area contributed by atoms with E-state index >= 15 is 0 Å². The van der Waals surface area contributed by atoms with Crippen LogP contribution in [0.15, 0.2) is 40.9 Å². The molecule has 0 aliphatic carbocycles. The van der Waals surface area contributed by atoms with Crippen molar-refractivity contribution >= 4 is 27.5 Å². The highest BCUT2D eigenvalue weighted by atomic mass is 79.9. The fourth-order valence-electron chi connectivity index (χ4n) is 1.68. The predicted molar refractivity (Wildman–Crippen MR) is 78.7 cm³/mol. The molecule has 1 aromatic carbocycles. The van der Waals surface area contributed by atoms with Crippen molar-refractivity contribution in [1.82, 2.24) is 10.3 Å². The Hall–Kier alpha value is -0.900. The number of rotatable bonds is 4. The molecule has 0 aliphatic rings. The molecular formula is C14H14BrClN2. The topological polar surface area (TPSA) is 24.9 Å².